The highest BCUT2D eigenvalue weighted by Gasteiger charge is 2.49. The van der Waals surface area contributed by atoms with Gasteiger partial charge in [-0.3, -0.25) is 9.88 Å². The van der Waals surface area contributed by atoms with Gasteiger partial charge in [0.2, 0.25) is 0 Å². The Kier molecular flexibility index (Phi) is 9.40. The van der Waals surface area contributed by atoms with E-state index < -0.39 is 17.4 Å². The fraction of sp³-hybridized carbons (Fsp3) is 0.525. The number of fused-ring (bicyclic) bond motifs is 3. The normalized spacial score (nSPS) is 24.1. The van der Waals surface area contributed by atoms with Crippen molar-refractivity contribution in [1.29, 1.82) is 0 Å². The zero-order valence-electron chi connectivity index (χ0n) is 29.8. The molecule has 5 heterocycles. The summed E-state index contributed by atoms with van der Waals surface area (Å²) in [5.41, 5.74) is -0.0379. The molecule has 8 rings (SSSR count). The molecule has 0 radical (unpaired) electrons. The van der Waals surface area contributed by atoms with E-state index in [0.717, 1.165) is 51.6 Å². The third-order valence-electron chi connectivity index (χ3n) is 11.4. The average Bonchev–Trinajstić information content (AvgIpc) is 3.39. The maximum Gasteiger partial charge on any atom is 0.319 e. The highest BCUT2D eigenvalue weighted by molar-refractivity contribution is 6.03. The third-order valence-corrected chi connectivity index (χ3v) is 11.4. The smallest absolute Gasteiger partial charge is 0.319 e. The molecule has 12 heteroatoms. The summed E-state index contributed by atoms with van der Waals surface area (Å²) in [7, 11) is 0. The number of benzene rings is 2. The van der Waals surface area contributed by atoms with Gasteiger partial charge in [-0.05, 0) is 76.1 Å². The molecule has 52 heavy (non-hydrogen) atoms. The number of aromatic nitrogens is 3. The quantitative estimate of drug-likeness (QED) is 0.215. The van der Waals surface area contributed by atoms with Crippen LogP contribution in [0.3, 0.4) is 0 Å². The average molecular weight is 714 g/mol. The topological polar surface area (TPSA) is 102 Å². The second-order valence-electron chi connectivity index (χ2n) is 15.2. The minimum atomic E-state index is -0.739. The number of halogens is 2. The SMILES string of the molecule is C#Cc1c(F)ccc2cc(O)cc(-c3ncc4c(N5CCCOCC5)nc(OCC56CCCC5N(CC5COC(C)(C)OC5)CCC6)nc4c3F)c12. The van der Waals surface area contributed by atoms with E-state index in [9.17, 15) is 9.50 Å². The van der Waals surface area contributed by atoms with E-state index in [1.54, 1.807) is 0 Å². The number of piperidine rings is 1. The van der Waals surface area contributed by atoms with Crippen molar-refractivity contribution < 1.29 is 32.8 Å². The summed E-state index contributed by atoms with van der Waals surface area (Å²) in [6.45, 7) is 9.94. The lowest BCUT2D eigenvalue weighted by molar-refractivity contribution is -0.264. The number of pyridine rings is 1. The summed E-state index contributed by atoms with van der Waals surface area (Å²) in [6, 6.07) is 5.99. The van der Waals surface area contributed by atoms with E-state index >= 15 is 4.39 Å². The Hall–Kier alpha value is -4.15. The van der Waals surface area contributed by atoms with E-state index in [1.165, 1.54) is 30.5 Å². The maximum absolute atomic E-state index is 17.0. The van der Waals surface area contributed by atoms with Gasteiger partial charge in [0.1, 0.15) is 28.6 Å². The summed E-state index contributed by atoms with van der Waals surface area (Å²) in [6.07, 6.45) is 13.4. The fourth-order valence-electron chi connectivity index (χ4n) is 8.83. The van der Waals surface area contributed by atoms with Crippen LogP contribution in [-0.4, -0.2) is 96.0 Å². The first-order valence-electron chi connectivity index (χ1n) is 18.4. The molecule has 1 aliphatic carbocycles. The lowest BCUT2D eigenvalue weighted by Gasteiger charge is -2.48. The number of ether oxygens (including phenoxy) is 4. The Morgan fingerprint density at radius 2 is 1.87 bits per heavy atom. The number of aromatic hydroxyl groups is 1. The van der Waals surface area contributed by atoms with Crippen molar-refractivity contribution in [2.24, 2.45) is 11.3 Å². The largest absolute Gasteiger partial charge is 0.508 e. The summed E-state index contributed by atoms with van der Waals surface area (Å²) in [5.74, 6) is 1.19. The van der Waals surface area contributed by atoms with Crippen LogP contribution >= 0.6 is 0 Å². The number of likely N-dealkylation sites (tertiary alicyclic amines) is 1. The van der Waals surface area contributed by atoms with E-state index in [2.05, 4.69) is 20.7 Å². The molecule has 2 aromatic carbocycles. The number of phenolic OH excluding ortho intramolecular Hbond substituents is 1. The summed E-state index contributed by atoms with van der Waals surface area (Å²) in [5, 5.41) is 11.8. The molecule has 0 bridgehead atoms. The number of anilines is 1. The fourth-order valence-corrected chi connectivity index (χ4v) is 8.83. The highest BCUT2D eigenvalue weighted by atomic mass is 19.1. The molecule has 3 saturated heterocycles. The minimum absolute atomic E-state index is 0.0243. The number of phenols is 1. The van der Waals surface area contributed by atoms with Crippen LogP contribution < -0.4 is 9.64 Å². The zero-order valence-corrected chi connectivity index (χ0v) is 29.8. The Labute approximate surface area is 302 Å². The number of hydrogen-bond donors (Lipinski definition) is 1. The number of hydrogen-bond acceptors (Lipinski definition) is 10. The van der Waals surface area contributed by atoms with E-state index in [1.807, 2.05) is 13.8 Å². The Morgan fingerprint density at radius 3 is 2.69 bits per heavy atom. The van der Waals surface area contributed by atoms with Crippen LogP contribution in [0.4, 0.5) is 14.6 Å². The first kappa shape index (κ1) is 34.9. The molecular formula is C40H45F2N5O5. The molecular weight excluding hydrogens is 668 g/mol. The summed E-state index contributed by atoms with van der Waals surface area (Å²) >= 11 is 0. The molecule has 4 aromatic rings. The minimum Gasteiger partial charge on any atom is -0.508 e. The van der Waals surface area contributed by atoms with Crippen molar-refractivity contribution in [3.8, 4) is 35.4 Å². The van der Waals surface area contributed by atoms with Gasteiger partial charge < -0.3 is 29.0 Å². The number of nitrogens with zero attached hydrogens (tertiary/aromatic N) is 5. The van der Waals surface area contributed by atoms with Gasteiger partial charge in [0, 0.05) is 60.8 Å². The van der Waals surface area contributed by atoms with Crippen molar-refractivity contribution in [3.63, 3.8) is 0 Å². The molecule has 4 aliphatic rings. The zero-order chi connectivity index (χ0) is 36.0. The standard InChI is InChI=1S/C40H45F2N5O5/c1-4-28-31(41)10-9-26-18-27(48)19-29(33(26)28)35-34(42)36-30(20-43-35)37(46-14-7-16-49-17-15-46)45-38(44-36)50-24-40-11-5-8-32(40)47(13-6-12-40)21-25-22-51-39(2,3)52-23-25/h1,9-10,18-20,25,32,48H,5-8,11-17,21-24H2,2-3H3. The molecule has 1 saturated carbocycles. The molecule has 1 N–H and O–H groups in total. The van der Waals surface area contributed by atoms with Crippen LogP contribution in [0.2, 0.25) is 0 Å². The van der Waals surface area contributed by atoms with Gasteiger partial charge in [-0.2, -0.15) is 9.97 Å². The van der Waals surface area contributed by atoms with Gasteiger partial charge in [-0.1, -0.05) is 18.4 Å². The van der Waals surface area contributed by atoms with Gasteiger partial charge in [0.25, 0.3) is 0 Å². The second kappa shape index (κ2) is 14.0. The number of terminal acetylenes is 1. The summed E-state index contributed by atoms with van der Waals surface area (Å²) < 4.78 is 56.2. The predicted octanol–water partition coefficient (Wildman–Crippen LogP) is 6.45. The monoisotopic (exact) mass is 713 g/mol. The molecule has 3 aliphatic heterocycles. The molecule has 0 spiro atoms. The molecule has 10 nitrogen and oxygen atoms in total. The van der Waals surface area contributed by atoms with Crippen molar-refractivity contribution in [3.05, 3.63) is 47.7 Å². The Morgan fingerprint density at radius 1 is 1.04 bits per heavy atom. The van der Waals surface area contributed by atoms with Crippen molar-refractivity contribution in [2.75, 3.05) is 64.1 Å². The number of rotatable bonds is 7. The molecule has 4 fully saturated rings. The summed E-state index contributed by atoms with van der Waals surface area (Å²) in [4.78, 5) is 18.8. The molecule has 2 atom stereocenters. The van der Waals surface area contributed by atoms with Gasteiger partial charge >= 0.3 is 6.01 Å². The third kappa shape index (κ3) is 6.53. The van der Waals surface area contributed by atoms with Crippen LogP contribution in [0.1, 0.15) is 57.9 Å². The lowest BCUT2D eigenvalue weighted by atomic mass is 9.75. The molecule has 274 valence electrons. The van der Waals surface area contributed by atoms with E-state index in [0.29, 0.717) is 74.7 Å². The van der Waals surface area contributed by atoms with Crippen LogP contribution in [-0.2, 0) is 14.2 Å². The molecule has 2 aromatic heterocycles. The van der Waals surface area contributed by atoms with Crippen molar-refractivity contribution in [2.45, 2.75) is 64.2 Å². The molecule has 2 unspecified atom stereocenters. The van der Waals surface area contributed by atoms with Gasteiger partial charge in [0.15, 0.2) is 11.6 Å². The molecule has 0 amide bonds. The van der Waals surface area contributed by atoms with Crippen LogP contribution in [0.25, 0.3) is 32.9 Å². The first-order valence-corrected chi connectivity index (χ1v) is 18.4. The first-order chi connectivity index (χ1) is 25.1. The Bertz CT molecular complexity index is 2020. The maximum atomic E-state index is 17.0. The van der Waals surface area contributed by atoms with Crippen molar-refractivity contribution >= 4 is 27.5 Å². The van der Waals surface area contributed by atoms with Crippen LogP contribution in [0.15, 0.2) is 30.5 Å². The lowest BCUT2D eigenvalue weighted by Crippen LogP contribution is -2.54. The second-order valence-corrected chi connectivity index (χ2v) is 15.2. The predicted molar refractivity (Wildman–Crippen MR) is 193 cm³/mol. The van der Waals surface area contributed by atoms with Gasteiger partial charge in [-0.15, -0.1) is 6.42 Å². The highest BCUT2D eigenvalue weighted by Crippen LogP contribution is 2.48. The van der Waals surface area contributed by atoms with Crippen LogP contribution in [0, 0.1) is 35.3 Å². The van der Waals surface area contributed by atoms with E-state index in [4.69, 9.17) is 35.3 Å². The van der Waals surface area contributed by atoms with E-state index in [-0.39, 0.29) is 44.9 Å². The van der Waals surface area contributed by atoms with Crippen LogP contribution in [0.5, 0.6) is 11.8 Å². The van der Waals surface area contributed by atoms with Crippen molar-refractivity contribution in [1.82, 2.24) is 19.9 Å². The van der Waals surface area contributed by atoms with Gasteiger partial charge in [0.05, 0.1) is 37.4 Å². The van der Waals surface area contributed by atoms with Gasteiger partial charge in [-0.25, -0.2) is 8.78 Å². The Balaban J connectivity index is 1.16.